The lowest BCUT2D eigenvalue weighted by molar-refractivity contribution is -0.159. The quantitative estimate of drug-likeness (QED) is 0.375. The summed E-state index contributed by atoms with van der Waals surface area (Å²) in [5.41, 5.74) is 2.70. The van der Waals surface area contributed by atoms with Crippen LogP contribution >= 0.6 is 8.46 Å². The van der Waals surface area contributed by atoms with Gasteiger partial charge in [-0.2, -0.15) is 0 Å². The van der Waals surface area contributed by atoms with Gasteiger partial charge in [-0.05, 0) is 65.5 Å². The molecule has 144 valence electrons. The summed E-state index contributed by atoms with van der Waals surface area (Å²) in [5, 5.41) is -1.44. The molecule has 2 atom stereocenters. The van der Waals surface area contributed by atoms with Crippen LogP contribution in [-0.4, -0.2) is 22.5 Å². The van der Waals surface area contributed by atoms with Crippen molar-refractivity contribution in [1.29, 1.82) is 0 Å². The molecule has 0 fully saturated rings. The fourth-order valence-electron chi connectivity index (χ4n) is 3.53. The first kappa shape index (κ1) is 22.5. The Morgan fingerprint density at radius 3 is 1.81 bits per heavy atom. The second-order valence-electron chi connectivity index (χ2n) is 8.60. The Morgan fingerprint density at radius 1 is 1.00 bits per heavy atom. The van der Waals surface area contributed by atoms with E-state index in [2.05, 4.69) is 0 Å². The van der Waals surface area contributed by atoms with E-state index in [0.717, 1.165) is 16.7 Å². The normalized spacial score (nSPS) is 15.6. The Labute approximate surface area is 158 Å². The number of Topliss-reactive ketones (excluding diaryl/α,β-unsaturated/α-hetero) is 1. The van der Waals surface area contributed by atoms with Gasteiger partial charge in [-0.25, -0.2) is 0 Å². The van der Waals surface area contributed by atoms with Crippen LogP contribution in [0, 0.1) is 32.6 Å². The summed E-state index contributed by atoms with van der Waals surface area (Å²) < 4.78 is 17.6. The first-order valence-electron chi connectivity index (χ1n) is 8.94. The Bertz CT molecular complexity index is 692. The lowest BCUT2D eigenvalue weighted by Crippen LogP contribution is -2.48. The van der Waals surface area contributed by atoms with E-state index in [0.29, 0.717) is 5.56 Å². The molecule has 26 heavy (non-hydrogen) atoms. The minimum Gasteiger partial charge on any atom is -0.459 e. The molecule has 0 aliphatic carbocycles. The third-order valence-electron chi connectivity index (χ3n) is 4.48. The molecular weight excluding hydrogens is 347 g/mol. The van der Waals surface area contributed by atoms with Gasteiger partial charge >= 0.3 is 5.97 Å². The molecule has 0 N–H and O–H groups in total. The third-order valence-corrected chi connectivity index (χ3v) is 5.32. The van der Waals surface area contributed by atoms with Gasteiger partial charge in [-0.15, -0.1) is 0 Å². The van der Waals surface area contributed by atoms with Gasteiger partial charge in [0.2, 0.25) is 0 Å². The van der Waals surface area contributed by atoms with E-state index in [1.165, 1.54) is 0 Å². The smallest absolute Gasteiger partial charge is 0.324 e. The van der Waals surface area contributed by atoms with Crippen LogP contribution < -0.4 is 0 Å². The molecule has 0 aromatic heterocycles. The monoisotopic (exact) mass is 378 g/mol. The largest absolute Gasteiger partial charge is 0.459 e. The summed E-state index contributed by atoms with van der Waals surface area (Å²) in [6, 6.07) is 3.91. The first-order chi connectivity index (χ1) is 11.7. The van der Waals surface area contributed by atoms with Crippen LogP contribution in [0.15, 0.2) is 12.1 Å². The maximum Gasteiger partial charge on any atom is 0.324 e. The SMILES string of the molecule is Cc1cc(C)c(C(=O)C(C(C)C)C(C)(P=O)C(=O)OC(C)(C)C)c(C)c1. The minimum absolute atomic E-state index is 0.160. The third kappa shape index (κ3) is 4.79. The maximum atomic E-state index is 13.5. The van der Waals surface area contributed by atoms with Crippen LogP contribution in [0.3, 0.4) is 0 Å². The zero-order chi connectivity index (χ0) is 20.4. The molecule has 0 amide bonds. The lowest BCUT2D eigenvalue weighted by atomic mass is 9.76. The molecule has 0 aliphatic heterocycles. The van der Waals surface area contributed by atoms with Gasteiger partial charge in [0.25, 0.3) is 0 Å². The number of carbonyl (C=O) groups excluding carboxylic acids is 2. The molecule has 2 unspecified atom stereocenters. The summed E-state index contributed by atoms with van der Waals surface area (Å²) in [4.78, 5) is 26.3. The number of rotatable bonds is 6. The van der Waals surface area contributed by atoms with E-state index in [-0.39, 0.29) is 11.7 Å². The number of aryl methyl sites for hydroxylation is 3. The topological polar surface area (TPSA) is 60.4 Å². The predicted octanol–water partition coefficient (Wildman–Crippen LogP) is 5.46. The van der Waals surface area contributed by atoms with Crippen LogP contribution in [0.2, 0.25) is 0 Å². The van der Waals surface area contributed by atoms with Gasteiger partial charge in [0.1, 0.15) is 5.60 Å². The fourth-order valence-corrected chi connectivity index (χ4v) is 4.18. The lowest BCUT2D eigenvalue weighted by Gasteiger charge is -2.34. The summed E-state index contributed by atoms with van der Waals surface area (Å²) in [6.07, 6.45) is 0. The van der Waals surface area contributed by atoms with Crippen LogP contribution in [0.25, 0.3) is 0 Å². The van der Waals surface area contributed by atoms with E-state index in [1.54, 1.807) is 27.7 Å². The molecule has 0 radical (unpaired) electrons. The van der Waals surface area contributed by atoms with Gasteiger partial charge < -0.3 is 4.74 Å². The minimum atomic E-state index is -1.44. The summed E-state index contributed by atoms with van der Waals surface area (Å²) >= 11 is 0. The van der Waals surface area contributed by atoms with Crippen molar-refractivity contribution in [1.82, 2.24) is 0 Å². The standard InChI is InChI=1S/C21H31O4P/c1-12(2)17(21(9,26-24)19(23)25-20(6,7)8)18(22)16-14(4)10-13(3)11-15(16)5/h10-12,17H,1-9H3. The molecule has 0 saturated carbocycles. The highest BCUT2D eigenvalue weighted by Crippen LogP contribution is 2.41. The Hall–Kier alpha value is -1.54. The number of esters is 1. The fraction of sp³-hybridized carbons (Fsp3) is 0.619. The molecule has 5 heteroatoms. The summed E-state index contributed by atoms with van der Waals surface area (Å²) in [5.74, 6) is -1.71. The molecule has 1 aromatic carbocycles. The van der Waals surface area contributed by atoms with Crippen LogP contribution in [0.4, 0.5) is 0 Å². The van der Waals surface area contributed by atoms with Crippen molar-refractivity contribution in [3.63, 3.8) is 0 Å². The van der Waals surface area contributed by atoms with Crippen molar-refractivity contribution >= 4 is 20.2 Å². The van der Waals surface area contributed by atoms with Gasteiger partial charge in [0, 0.05) is 5.56 Å². The van der Waals surface area contributed by atoms with Crippen molar-refractivity contribution in [3.8, 4) is 0 Å². The van der Waals surface area contributed by atoms with Crippen molar-refractivity contribution in [3.05, 3.63) is 34.4 Å². The molecule has 0 aliphatic rings. The van der Waals surface area contributed by atoms with E-state index < -0.39 is 31.1 Å². The molecule has 1 rings (SSSR count). The zero-order valence-corrected chi connectivity index (χ0v) is 18.3. The number of ketones is 1. The molecular formula is C21H31O4P. The number of ether oxygens (including phenoxy) is 1. The Balaban J connectivity index is 3.49. The van der Waals surface area contributed by atoms with E-state index in [9.17, 15) is 14.2 Å². The van der Waals surface area contributed by atoms with Crippen LogP contribution in [-0.2, 0) is 14.1 Å². The number of benzene rings is 1. The van der Waals surface area contributed by atoms with Crippen molar-refractivity contribution in [2.75, 3.05) is 0 Å². The Kier molecular flexibility index (Phi) is 6.92. The highest BCUT2D eigenvalue weighted by atomic mass is 31.1. The highest BCUT2D eigenvalue weighted by molar-refractivity contribution is 7.27. The van der Waals surface area contributed by atoms with Crippen LogP contribution in [0.5, 0.6) is 0 Å². The first-order valence-corrected chi connectivity index (χ1v) is 9.76. The molecule has 0 spiro atoms. The van der Waals surface area contributed by atoms with Gasteiger partial charge in [-0.1, -0.05) is 31.5 Å². The van der Waals surface area contributed by atoms with Gasteiger partial charge in [0.05, 0.1) is 5.92 Å². The Morgan fingerprint density at radius 2 is 1.46 bits per heavy atom. The van der Waals surface area contributed by atoms with E-state index >= 15 is 0 Å². The maximum absolute atomic E-state index is 13.5. The molecule has 0 bridgehead atoms. The van der Waals surface area contributed by atoms with Gasteiger partial charge in [-0.3, -0.25) is 14.2 Å². The van der Waals surface area contributed by atoms with E-state index in [4.69, 9.17) is 4.74 Å². The predicted molar refractivity (Wildman–Crippen MR) is 105 cm³/mol. The van der Waals surface area contributed by atoms with Crippen molar-refractivity contribution < 1.29 is 18.9 Å². The van der Waals surface area contributed by atoms with Crippen LogP contribution in [0.1, 0.15) is 68.6 Å². The number of hydrogen-bond donors (Lipinski definition) is 0. The second kappa shape index (κ2) is 8.00. The summed E-state index contributed by atoms with van der Waals surface area (Å²) in [6.45, 7) is 16.3. The molecule has 0 heterocycles. The van der Waals surface area contributed by atoms with E-state index in [1.807, 2.05) is 46.8 Å². The number of carbonyl (C=O) groups is 2. The second-order valence-corrected chi connectivity index (χ2v) is 9.71. The average Bonchev–Trinajstić information content (AvgIpc) is 2.43. The summed E-state index contributed by atoms with van der Waals surface area (Å²) in [7, 11) is -0.413. The average molecular weight is 378 g/mol. The molecule has 0 saturated heterocycles. The number of hydrogen-bond acceptors (Lipinski definition) is 4. The molecule has 1 aromatic rings. The highest BCUT2D eigenvalue weighted by Gasteiger charge is 2.50. The van der Waals surface area contributed by atoms with Crippen molar-refractivity contribution in [2.24, 2.45) is 11.8 Å². The molecule has 4 nitrogen and oxygen atoms in total. The van der Waals surface area contributed by atoms with Crippen molar-refractivity contribution in [2.45, 2.75) is 73.1 Å². The van der Waals surface area contributed by atoms with Gasteiger partial charge in [0.15, 0.2) is 19.4 Å². The zero-order valence-electron chi connectivity index (χ0n) is 17.4.